The Labute approximate surface area is 92.0 Å². The second kappa shape index (κ2) is 4.21. The number of nitrogens with one attached hydrogen (secondary N) is 1. The average Bonchev–Trinajstić information content (AvgIpc) is 2.64. The molecule has 0 bridgehead atoms. The fourth-order valence-electron chi connectivity index (χ4n) is 1.43. The molecule has 0 fully saturated rings. The minimum atomic E-state index is -0.489. The van der Waals surface area contributed by atoms with Gasteiger partial charge in [-0.2, -0.15) is 0 Å². The van der Waals surface area contributed by atoms with Gasteiger partial charge in [-0.1, -0.05) is 18.5 Å². The van der Waals surface area contributed by atoms with E-state index in [-0.39, 0.29) is 10.6 Å². The van der Waals surface area contributed by atoms with Gasteiger partial charge < -0.3 is 9.73 Å². The van der Waals surface area contributed by atoms with Crippen LogP contribution in [0.4, 0.5) is 4.39 Å². The number of benzene rings is 1. The van der Waals surface area contributed by atoms with Gasteiger partial charge in [-0.25, -0.2) is 4.39 Å². The van der Waals surface area contributed by atoms with Crippen LogP contribution in [0.15, 0.2) is 22.6 Å². The van der Waals surface area contributed by atoms with Crippen LogP contribution in [0.5, 0.6) is 0 Å². The summed E-state index contributed by atoms with van der Waals surface area (Å²) in [6.45, 7) is 3.45. The normalized spacial score (nSPS) is 11.1. The van der Waals surface area contributed by atoms with Crippen LogP contribution in [0.1, 0.15) is 12.7 Å². The van der Waals surface area contributed by atoms with Crippen LogP contribution in [0.2, 0.25) is 5.02 Å². The lowest BCUT2D eigenvalue weighted by Crippen LogP contribution is -2.10. The Morgan fingerprint density at radius 3 is 3.00 bits per heavy atom. The summed E-state index contributed by atoms with van der Waals surface area (Å²) in [6, 6.07) is 5.10. The van der Waals surface area contributed by atoms with E-state index in [1.165, 1.54) is 6.07 Å². The van der Waals surface area contributed by atoms with Gasteiger partial charge in [0.2, 0.25) is 0 Å². The van der Waals surface area contributed by atoms with E-state index in [0.29, 0.717) is 12.3 Å². The molecule has 1 aromatic heterocycles. The Morgan fingerprint density at radius 2 is 2.27 bits per heavy atom. The van der Waals surface area contributed by atoms with Crippen molar-refractivity contribution in [1.82, 2.24) is 5.32 Å². The Kier molecular flexibility index (Phi) is 2.93. The molecule has 0 atom stereocenters. The summed E-state index contributed by atoms with van der Waals surface area (Å²) in [4.78, 5) is 0. The first-order chi connectivity index (χ1) is 7.22. The average molecular weight is 228 g/mol. The highest BCUT2D eigenvalue weighted by Crippen LogP contribution is 2.27. The first kappa shape index (κ1) is 10.5. The molecule has 0 saturated heterocycles. The predicted molar refractivity (Wildman–Crippen MR) is 58.6 cm³/mol. The molecule has 2 rings (SSSR count). The third-order valence-corrected chi connectivity index (χ3v) is 2.47. The van der Waals surface area contributed by atoms with Crippen molar-refractivity contribution in [2.24, 2.45) is 0 Å². The standard InChI is InChI=1S/C11H11ClFNO/c1-2-14-6-8-5-7-3-4-9(12)10(13)11(7)15-8/h3-5,14H,2,6H2,1H3. The molecule has 4 heteroatoms. The quantitative estimate of drug-likeness (QED) is 0.870. The summed E-state index contributed by atoms with van der Waals surface area (Å²) in [5, 5.41) is 3.94. The van der Waals surface area contributed by atoms with E-state index in [0.717, 1.165) is 11.9 Å². The molecule has 0 saturated carbocycles. The first-order valence-corrected chi connectivity index (χ1v) is 5.17. The van der Waals surface area contributed by atoms with Gasteiger partial charge in [0.15, 0.2) is 11.4 Å². The highest BCUT2D eigenvalue weighted by atomic mass is 35.5. The minimum absolute atomic E-state index is 0.0897. The fourth-order valence-corrected chi connectivity index (χ4v) is 1.58. The minimum Gasteiger partial charge on any atom is -0.457 e. The smallest absolute Gasteiger partial charge is 0.184 e. The summed E-state index contributed by atoms with van der Waals surface area (Å²) in [5.74, 6) is 0.227. The van der Waals surface area contributed by atoms with Crippen LogP contribution in [0.3, 0.4) is 0 Å². The van der Waals surface area contributed by atoms with Crippen LogP contribution in [0.25, 0.3) is 11.0 Å². The van der Waals surface area contributed by atoms with Crippen LogP contribution < -0.4 is 5.32 Å². The van der Waals surface area contributed by atoms with Crippen molar-refractivity contribution in [3.05, 3.63) is 34.8 Å². The molecule has 1 heterocycles. The monoisotopic (exact) mass is 227 g/mol. The maximum atomic E-state index is 13.5. The molecule has 80 valence electrons. The van der Waals surface area contributed by atoms with Crippen LogP contribution in [-0.2, 0) is 6.54 Å². The Bertz CT molecular complexity index is 481. The number of furan rings is 1. The van der Waals surface area contributed by atoms with Crippen molar-refractivity contribution < 1.29 is 8.81 Å². The van der Waals surface area contributed by atoms with E-state index in [1.807, 2.05) is 13.0 Å². The second-order valence-corrected chi connectivity index (χ2v) is 3.68. The third kappa shape index (κ3) is 1.98. The van der Waals surface area contributed by atoms with E-state index >= 15 is 0 Å². The van der Waals surface area contributed by atoms with Crippen molar-refractivity contribution in [1.29, 1.82) is 0 Å². The Hall–Kier alpha value is -1.06. The molecule has 0 aliphatic rings. The highest BCUT2D eigenvalue weighted by Gasteiger charge is 2.10. The molecule has 0 spiro atoms. The zero-order chi connectivity index (χ0) is 10.8. The molecule has 15 heavy (non-hydrogen) atoms. The highest BCUT2D eigenvalue weighted by molar-refractivity contribution is 6.31. The van der Waals surface area contributed by atoms with Crippen molar-refractivity contribution >= 4 is 22.6 Å². The van der Waals surface area contributed by atoms with Gasteiger partial charge in [-0.15, -0.1) is 0 Å². The van der Waals surface area contributed by atoms with Gasteiger partial charge in [-0.3, -0.25) is 0 Å². The van der Waals surface area contributed by atoms with Crippen LogP contribution in [0, 0.1) is 5.82 Å². The number of halogens is 2. The number of hydrogen-bond donors (Lipinski definition) is 1. The molecule has 0 radical (unpaired) electrons. The van der Waals surface area contributed by atoms with Crippen LogP contribution >= 0.6 is 11.6 Å². The van der Waals surface area contributed by atoms with Crippen molar-refractivity contribution in [2.75, 3.05) is 6.54 Å². The van der Waals surface area contributed by atoms with Gasteiger partial charge >= 0.3 is 0 Å². The zero-order valence-corrected chi connectivity index (χ0v) is 9.07. The number of rotatable bonds is 3. The molecule has 0 aliphatic carbocycles. The summed E-state index contributed by atoms with van der Waals surface area (Å²) < 4.78 is 18.8. The molecule has 1 aromatic carbocycles. The number of fused-ring (bicyclic) bond motifs is 1. The van der Waals surface area contributed by atoms with Gasteiger partial charge in [-0.05, 0) is 24.7 Å². The molecule has 0 aliphatic heterocycles. The Balaban J connectivity index is 2.42. The second-order valence-electron chi connectivity index (χ2n) is 3.27. The van der Waals surface area contributed by atoms with E-state index < -0.39 is 5.82 Å². The molecular formula is C11H11ClFNO. The topological polar surface area (TPSA) is 25.2 Å². The van der Waals surface area contributed by atoms with Crippen molar-refractivity contribution in [3.63, 3.8) is 0 Å². The summed E-state index contributed by atoms with van der Waals surface area (Å²) in [5.41, 5.74) is 0.232. The first-order valence-electron chi connectivity index (χ1n) is 4.79. The lowest BCUT2D eigenvalue weighted by atomic mass is 10.2. The zero-order valence-electron chi connectivity index (χ0n) is 8.31. The fraction of sp³-hybridized carbons (Fsp3) is 0.273. The van der Waals surface area contributed by atoms with Gasteiger partial charge in [0.1, 0.15) is 5.76 Å². The van der Waals surface area contributed by atoms with Crippen LogP contribution in [-0.4, -0.2) is 6.54 Å². The lowest BCUT2D eigenvalue weighted by molar-refractivity contribution is 0.499. The summed E-state index contributed by atoms with van der Waals surface area (Å²) in [7, 11) is 0. The van der Waals surface area contributed by atoms with Gasteiger partial charge in [0.25, 0.3) is 0 Å². The van der Waals surface area contributed by atoms with E-state index in [2.05, 4.69) is 5.32 Å². The molecular weight excluding hydrogens is 217 g/mol. The van der Waals surface area contributed by atoms with Crippen molar-refractivity contribution in [2.45, 2.75) is 13.5 Å². The Morgan fingerprint density at radius 1 is 1.47 bits per heavy atom. The molecule has 0 amide bonds. The summed E-state index contributed by atoms with van der Waals surface area (Å²) >= 11 is 5.65. The molecule has 1 N–H and O–H groups in total. The van der Waals surface area contributed by atoms with E-state index in [1.54, 1.807) is 6.07 Å². The number of hydrogen-bond acceptors (Lipinski definition) is 2. The van der Waals surface area contributed by atoms with E-state index in [4.69, 9.17) is 16.0 Å². The maximum Gasteiger partial charge on any atom is 0.184 e. The largest absolute Gasteiger partial charge is 0.457 e. The van der Waals surface area contributed by atoms with Gasteiger partial charge in [0, 0.05) is 5.39 Å². The third-order valence-electron chi connectivity index (χ3n) is 2.18. The van der Waals surface area contributed by atoms with E-state index in [9.17, 15) is 4.39 Å². The van der Waals surface area contributed by atoms with Gasteiger partial charge in [0.05, 0.1) is 11.6 Å². The summed E-state index contributed by atoms with van der Waals surface area (Å²) in [6.07, 6.45) is 0. The maximum absolute atomic E-state index is 13.5. The lowest BCUT2D eigenvalue weighted by Gasteiger charge is -1.95. The van der Waals surface area contributed by atoms with Crippen molar-refractivity contribution in [3.8, 4) is 0 Å². The molecule has 2 nitrogen and oxygen atoms in total. The molecule has 0 unspecified atom stereocenters. The SMILES string of the molecule is CCNCc1cc2ccc(Cl)c(F)c2o1. The predicted octanol–water partition coefficient (Wildman–Crippen LogP) is 3.33. The molecule has 2 aromatic rings.